The molecule has 0 amide bonds. The van der Waals surface area contributed by atoms with Crippen LogP contribution in [0.25, 0.3) is 0 Å². The zero-order valence-corrected chi connectivity index (χ0v) is 5.00. The highest BCUT2D eigenvalue weighted by Gasteiger charge is 2.45. The van der Waals surface area contributed by atoms with Crippen LogP contribution < -0.4 is 0 Å². The van der Waals surface area contributed by atoms with E-state index in [1.807, 2.05) is 0 Å². The molecule has 0 saturated heterocycles. The van der Waals surface area contributed by atoms with Crippen molar-refractivity contribution in [3.05, 3.63) is 0 Å². The fourth-order valence-electron chi connectivity index (χ4n) is 0.186. The zero-order chi connectivity index (χ0) is 7.71. The van der Waals surface area contributed by atoms with Gasteiger partial charge in [-0.3, -0.25) is 0 Å². The summed E-state index contributed by atoms with van der Waals surface area (Å²) in [7, 11) is -3.43. The van der Waals surface area contributed by atoms with Gasteiger partial charge < -0.3 is 0 Å². The molecule has 0 N–H and O–H groups in total. The molecule has 0 aliphatic heterocycles. The fraction of sp³-hybridized carbons (Fsp3) is 1.00. The molecular weight excluding hydrogens is 166 g/mol. The summed E-state index contributed by atoms with van der Waals surface area (Å²) < 4.78 is 65.2. The van der Waals surface area contributed by atoms with Crippen molar-refractivity contribution in [1.29, 1.82) is 0 Å². The average Bonchev–Trinajstić information content (AvgIpc) is 1.14. The lowest BCUT2D eigenvalue weighted by Crippen LogP contribution is -2.32. The maximum Gasteiger partial charge on any atom is 0.366 e. The lowest BCUT2D eigenvalue weighted by Gasteiger charge is -2.06. The highest BCUT2D eigenvalue weighted by molar-refractivity contribution is 6.40. The van der Waals surface area contributed by atoms with Gasteiger partial charge in [0.15, 0.2) is 0 Å². The Morgan fingerprint density at radius 1 is 0.667 bits per heavy atom. The van der Waals surface area contributed by atoms with Gasteiger partial charge in [-0.05, 0) is 0 Å². The number of alkyl halides is 6. The number of rotatable bonds is 0. The van der Waals surface area contributed by atoms with E-state index in [1.54, 1.807) is 0 Å². The van der Waals surface area contributed by atoms with Gasteiger partial charge in [0.05, 0.1) is 0 Å². The Bertz CT molecular complexity index is 76.2. The summed E-state index contributed by atoms with van der Waals surface area (Å²) in [5, 5.41) is 0. The molecule has 1 radical (unpaired) electrons. The van der Waals surface area contributed by atoms with Crippen molar-refractivity contribution in [2.75, 3.05) is 0 Å². The Morgan fingerprint density at radius 3 is 0.889 bits per heavy atom. The Balaban J connectivity index is 3.75. The predicted octanol–water partition coefficient (Wildman–Crippen LogP) is 1.46. The van der Waals surface area contributed by atoms with E-state index >= 15 is 0 Å². The second-order valence-electron chi connectivity index (χ2n) is 1.23. The number of halogens is 6. The van der Waals surface area contributed by atoms with E-state index in [0.717, 1.165) is 0 Å². The Hall–Kier alpha value is -0.203. The number of hydrogen-bond donors (Lipinski definition) is 0. The average molecular weight is 167 g/mol. The van der Waals surface area contributed by atoms with Crippen LogP contribution in [0.3, 0.4) is 0 Å². The zero-order valence-electron chi connectivity index (χ0n) is 3.85. The second-order valence-corrected chi connectivity index (χ2v) is 2.83. The molecule has 0 atom stereocenters. The van der Waals surface area contributed by atoms with Crippen LogP contribution in [0, 0.1) is 0 Å². The van der Waals surface area contributed by atoms with Crippen LogP contribution in [-0.2, 0) is 0 Å². The molecule has 0 aliphatic carbocycles. The van der Waals surface area contributed by atoms with Crippen molar-refractivity contribution in [3.63, 3.8) is 0 Å². The van der Waals surface area contributed by atoms with Crippen LogP contribution in [0.5, 0.6) is 0 Å². The SMILES string of the molecule is FC(F)(F)[SiH]C(F)(F)F. The minimum Gasteiger partial charge on any atom is -0.177 e. The van der Waals surface area contributed by atoms with E-state index in [9.17, 15) is 26.3 Å². The molecule has 0 bridgehead atoms. The van der Waals surface area contributed by atoms with Crippen LogP contribution >= 0.6 is 0 Å². The van der Waals surface area contributed by atoms with Gasteiger partial charge in [0.2, 0.25) is 0 Å². The molecule has 0 aliphatic rings. The molecule has 0 aromatic heterocycles. The van der Waals surface area contributed by atoms with Gasteiger partial charge in [-0.2, -0.15) is 26.3 Å². The molecule has 9 heavy (non-hydrogen) atoms. The molecule has 0 aromatic carbocycles. The van der Waals surface area contributed by atoms with E-state index in [0.29, 0.717) is 0 Å². The first-order valence-electron chi connectivity index (χ1n) is 1.71. The number of hydrogen-bond acceptors (Lipinski definition) is 0. The lowest BCUT2D eigenvalue weighted by atomic mass is 11.5. The van der Waals surface area contributed by atoms with Gasteiger partial charge in [-0.15, -0.1) is 0 Å². The molecule has 7 heteroatoms. The normalized spacial score (nSPS) is 14.0. The standard InChI is InChI=1S/C2HF6Si/c3-1(4,5)9-2(6,7)8/h9H. The maximum absolute atomic E-state index is 10.9. The third-order valence-corrected chi connectivity index (χ3v) is 0.982. The Kier molecular flexibility index (Phi) is 2.15. The lowest BCUT2D eigenvalue weighted by molar-refractivity contribution is -0.0955. The predicted molar refractivity (Wildman–Crippen MR) is 19.3 cm³/mol. The summed E-state index contributed by atoms with van der Waals surface area (Å²) in [5.74, 6) is -10.1. The van der Waals surface area contributed by atoms with Crippen LogP contribution in [-0.4, -0.2) is 21.1 Å². The van der Waals surface area contributed by atoms with Crippen molar-refractivity contribution in [2.45, 2.75) is 11.6 Å². The van der Waals surface area contributed by atoms with E-state index < -0.39 is 21.1 Å². The summed E-state index contributed by atoms with van der Waals surface area (Å²) in [6.45, 7) is 0. The van der Waals surface area contributed by atoms with Gasteiger partial charge in [-0.25, -0.2) is 0 Å². The van der Waals surface area contributed by atoms with Crippen LogP contribution in [0.1, 0.15) is 0 Å². The van der Waals surface area contributed by atoms with Gasteiger partial charge >= 0.3 is 11.6 Å². The molecule has 0 aromatic rings. The van der Waals surface area contributed by atoms with E-state index in [1.165, 1.54) is 0 Å². The smallest absolute Gasteiger partial charge is 0.177 e. The molecule has 0 unspecified atom stereocenters. The molecule has 0 heterocycles. The molecule has 0 nitrogen and oxygen atoms in total. The first-order chi connectivity index (χ1) is 3.71. The molecule has 0 rings (SSSR count). The fourth-order valence-corrected chi connectivity index (χ4v) is 0.557. The maximum atomic E-state index is 10.9. The van der Waals surface area contributed by atoms with Gasteiger partial charge in [0.25, 0.3) is 9.52 Å². The summed E-state index contributed by atoms with van der Waals surface area (Å²) in [5.41, 5.74) is 0. The highest BCUT2D eigenvalue weighted by Crippen LogP contribution is 2.23. The molecule has 55 valence electrons. The van der Waals surface area contributed by atoms with Crippen molar-refractivity contribution < 1.29 is 26.3 Å². The first kappa shape index (κ1) is 8.80. The third-order valence-electron chi connectivity index (χ3n) is 0.327. The quantitative estimate of drug-likeness (QED) is 0.378. The minimum absolute atomic E-state index is 3.43. The van der Waals surface area contributed by atoms with Crippen molar-refractivity contribution in [1.82, 2.24) is 0 Å². The van der Waals surface area contributed by atoms with Gasteiger partial charge in [0, 0.05) is 0 Å². The monoisotopic (exact) mass is 167 g/mol. The van der Waals surface area contributed by atoms with E-state index in [4.69, 9.17) is 0 Å². The van der Waals surface area contributed by atoms with Crippen LogP contribution in [0.15, 0.2) is 0 Å². The first-order valence-corrected chi connectivity index (χ1v) is 2.87. The van der Waals surface area contributed by atoms with E-state index in [2.05, 4.69) is 0 Å². The molecule has 0 saturated carbocycles. The summed E-state index contributed by atoms with van der Waals surface area (Å²) in [6.07, 6.45) is 0. The van der Waals surface area contributed by atoms with Gasteiger partial charge in [0.1, 0.15) is 0 Å². The van der Waals surface area contributed by atoms with E-state index in [-0.39, 0.29) is 0 Å². The van der Waals surface area contributed by atoms with Crippen LogP contribution in [0.4, 0.5) is 26.3 Å². The second kappa shape index (κ2) is 2.20. The minimum atomic E-state index is -5.06. The largest absolute Gasteiger partial charge is 0.366 e. The van der Waals surface area contributed by atoms with Crippen molar-refractivity contribution >= 4 is 9.52 Å². The van der Waals surface area contributed by atoms with Crippen molar-refractivity contribution in [3.8, 4) is 0 Å². The Labute approximate surface area is 48.7 Å². The molecular formula is C2HF6Si. The Morgan fingerprint density at radius 2 is 0.889 bits per heavy atom. The third kappa shape index (κ3) is 7.80. The topological polar surface area (TPSA) is 0 Å². The molecule has 0 spiro atoms. The van der Waals surface area contributed by atoms with Crippen LogP contribution in [0.2, 0.25) is 0 Å². The summed E-state index contributed by atoms with van der Waals surface area (Å²) >= 11 is 0. The van der Waals surface area contributed by atoms with Crippen molar-refractivity contribution in [2.24, 2.45) is 0 Å². The highest BCUT2D eigenvalue weighted by atomic mass is 28.2. The van der Waals surface area contributed by atoms with Gasteiger partial charge in [-0.1, -0.05) is 0 Å². The molecule has 0 fully saturated rings. The summed E-state index contributed by atoms with van der Waals surface area (Å²) in [4.78, 5) is 0. The summed E-state index contributed by atoms with van der Waals surface area (Å²) in [6, 6.07) is 0.